The standard InChI is InChI=1S/C19H25Cl2N5/c1-24(2)8-3-9-25-10-12-26(13-11-25)19-7-6-18(22-23-19)15-4-5-16(20)17(21)14-15/h4-7,14H,3,8-13H2,1-2H3. The number of rotatable bonds is 6. The molecular weight excluding hydrogens is 369 g/mol. The van der Waals surface area contributed by atoms with Crippen LogP contribution in [0.25, 0.3) is 11.3 Å². The van der Waals surface area contributed by atoms with E-state index < -0.39 is 0 Å². The van der Waals surface area contributed by atoms with E-state index in [-0.39, 0.29) is 0 Å². The number of hydrogen-bond acceptors (Lipinski definition) is 5. The number of halogens is 2. The van der Waals surface area contributed by atoms with Gasteiger partial charge in [0.15, 0.2) is 5.82 Å². The highest BCUT2D eigenvalue weighted by Gasteiger charge is 2.18. The number of benzene rings is 1. The number of nitrogens with zero attached hydrogens (tertiary/aromatic N) is 5. The lowest BCUT2D eigenvalue weighted by Crippen LogP contribution is -2.47. The highest BCUT2D eigenvalue weighted by atomic mass is 35.5. The van der Waals surface area contributed by atoms with Gasteiger partial charge in [0.2, 0.25) is 0 Å². The molecule has 0 bridgehead atoms. The van der Waals surface area contributed by atoms with Crippen molar-refractivity contribution >= 4 is 29.0 Å². The van der Waals surface area contributed by atoms with E-state index in [1.54, 1.807) is 6.07 Å². The van der Waals surface area contributed by atoms with Gasteiger partial charge in [0.1, 0.15) is 0 Å². The van der Waals surface area contributed by atoms with Crippen LogP contribution in [0, 0.1) is 0 Å². The van der Waals surface area contributed by atoms with Gasteiger partial charge >= 0.3 is 0 Å². The van der Waals surface area contributed by atoms with Crippen molar-refractivity contribution in [3.05, 3.63) is 40.4 Å². The molecule has 140 valence electrons. The van der Waals surface area contributed by atoms with Crippen LogP contribution >= 0.6 is 23.2 Å². The van der Waals surface area contributed by atoms with E-state index in [0.717, 1.165) is 56.3 Å². The lowest BCUT2D eigenvalue weighted by atomic mass is 10.1. The first-order valence-corrected chi connectivity index (χ1v) is 9.70. The van der Waals surface area contributed by atoms with Gasteiger partial charge in [0.05, 0.1) is 15.7 Å². The molecule has 2 aromatic rings. The molecule has 0 aliphatic carbocycles. The average Bonchev–Trinajstić information content (AvgIpc) is 2.64. The Hall–Kier alpha value is -1.40. The summed E-state index contributed by atoms with van der Waals surface area (Å²) >= 11 is 12.1. The minimum Gasteiger partial charge on any atom is -0.353 e. The molecule has 1 aromatic carbocycles. The SMILES string of the molecule is CN(C)CCCN1CCN(c2ccc(-c3ccc(Cl)c(Cl)c3)nn2)CC1. The predicted molar refractivity (Wildman–Crippen MR) is 109 cm³/mol. The lowest BCUT2D eigenvalue weighted by Gasteiger charge is -2.35. The highest BCUT2D eigenvalue weighted by molar-refractivity contribution is 6.42. The second kappa shape index (κ2) is 9.00. The number of aromatic nitrogens is 2. The quantitative estimate of drug-likeness (QED) is 0.749. The minimum atomic E-state index is 0.528. The fourth-order valence-corrected chi connectivity index (χ4v) is 3.41. The van der Waals surface area contributed by atoms with E-state index in [9.17, 15) is 0 Å². The van der Waals surface area contributed by atoms with Crippen LogP contribution in [0.5, 0.6) is 0 Å². The maximum atomic E-state index is 6.09. The zero-order valence-corrected chi connectivity index (χ0v) is 16.8. The van der Waals surface area contributed by atoms with Crippen LogP contribution in [0.4, 0.5) is 5.82 Å². The van der Waals surface area contributed by atoms with Gasteiger partial charge in [0.25, 0.3) is 0 Å². The molecule has 2 heterocycles. The summed E-state index contributed by atoms with van der Waals surface area (Å²) in [7, 11) is 4.25. The van der Waals surface area contributed by atoms with Gasteiger partial charge in [-0.3, -0.25) is 4.90 Å². The Morgan fingerprint density at radius 2 is 1.73 bits per heavy atom. The van der Waals surface area contributed by atoms with Gasteiger partial charge in [0, 0.05) is 31.7 Å². The van der Waals surface area contributed by atoms with E-state index in [1.807, 2.05) is 24.3 Å². The van der Waals surface area contributed by atoms with Crippen LogP contribution < -0.4 is 4.90 Å². The van der Waals surface area contributed by atoms with Gasteiger partial charge in [-0.25, -0.2) is 0 Å². The summed E-state index contributed by atoms with van der Waals surface area (Å²) < 4.78 is 0. The summed E-state index contributed by atoms with van der Waals surface area (Å²) in [4.78, 5) is 7.06. The van der Waals surface area contributed by atoms with E-state index in [0.29, 0.717) is 10.0 Å². The number of hydrogen-bond donors (Lipinski definition) is 0. The zero-order chi connectivity index (χ0) is 18.5. The van der Waals surface area contributed by atoms with E-state index >= 15 is 0 Å². The van der Waals surface area contributed by atoms with E-state index in [4.69, 9.17) is 23.2 Å². The summed E-state index contributed by atoms with van der Waals surface area (Å²) in [6, 6.07) is 9.53. The van der Waals surface area contributed by atoms with Gasteiger partial charge in [-0.15, -0.1) is 10.2 Å². The summed E-state index contributed by atoms with van der Waals surface area (Å²) in [5.74, 6) is 0.932. The number of piperazine rings is 1. The van der Waals surface area contributed by atoms with Gasteiger partial charge < -0.3 is 9.80 Å². The van der Waals surface area contributed by atoms with Crippen molar-refractivity contribution in [2.45, 2.75) is 6.42 Å². The molecule has 1 fully saturated rings. The first-order chi connectivity index (χ1) is 12.5. The summed E-state index contributed by atoms with van der Waals surface area (Å²) in [5, 5.41) is 9.86. The molecule has 0 radical (unpaired) electrons. The number of anilines is 1. The molecule has 0 atom stereocenters. The molecule has 1 aliphatic heterocycles. The Bertz CT molecular complexity index is 712. The molecule has 1 saturated heterocycles. The van der Waals surface area contributed by atoms with Crippen molar-refractivity contribution in [3.63, 3.8) is 0 Å². The van der Waals surface area contributed by atoms with Crippen LogP contribution in [0.1, 0.15) is 6.42 Å². The molecule has 7 heteroatoms. The largest absolute Gasteiger partial charge is 0.353 e. The normalized spacial score (nSPS) is 15.7. The maximum absolute atomic E-state index is 6.09. The molecule has 1 aliphatic rings. The van der Waals surface area contributed by atoms with Crippen molar-refractivity contribution in [2.24, 2.45) is 0 Å². The first kappa shape index (κ1) is 19.4. The minimum absolute atomic E-state index is 0.528. The Morgan fingerprint density at radius 1 is 0.962 bits per heavy atom. The summed E-state index contributed by atoms with van der Waals surface area (Å²) in [6.07, 6.45) is 1.21. The van der Waals surface area contributed by atoms with Crippen LogP contribution in [-0.4, -0.2) is 73.4 Å². The molecule has 0 saturated carbocycles. The molecule has 0 N–H and O–H groups in total. The smallest absolute Gasteiger partial charge is 0.151 e. The van der Waals surface area contributed by atoms with Crippen molar-refractivity contribution < 1.29 is 0 Å². The fourth-order valence-electron chi connectivity index (χ4n) is 3.11. The molecular formula is C19H25Cl2N5. The lowest BCUT2D eigenvalue weighted by molar-refractivity contribution is 0.241. The van der Waals surface area contributed by atoms with Crippen LogP contribution in [0.3, 0.4) is 0 Å². The molecule has 26 heavy (non-hydrogen) atoms. The van der Waals surface area contributed by atoms with Crippen molar-refractivity contribution in [3.8, 4) is 11.3 Å². The third kappa shape index (κ3) is 5.07. The Kier molecular flexibility index (Phi) is 6.70. The van der Waals surface area contributed by atoms with Crippen LogP contribution in [0.2, 0.25) is 10.0 Å². The predicted octanol–water partition coefficient (Wildman–Crippen LogP) is 3.52. The third-order valence-electron chi connectivity index (χ3n) is 4.64. The van der Waals surface area contributed by atoms with Crippen molar-refractivity contribution in [2.75, 3.05) is 58.3 Å². The molecule has 0 unspecified atom stereocenters. The Morgan fingerprint density at radius 3 is 2.35 bits per heavy atom. The monoisotopic (exact) mass is 393 g/mol. The zero-order valence-electron chi connectivity index (χ0n) is 15.3. The second-order valence-corrected chi connectivity index (χ2v) is 7.71. The average molecular weight is 394 g/mol. The highest BCUT2D eigenvalue weighted by Crippen LogP contribution is 2.27. The Balaban J connectivity index is 1.55. The van der Waals surface area contributed by atoms with Crippen LogP contribution in [0.15, 0.2) is 30.3 Å². The Labute approximate surface area is 165 Å². The van der Waals surface area contributed by atoms with Crippen molar-refractivity contribution in [1.82, 2.24) is 20.0 Å². The van der Waals surface area contributed by atoms with E-state index in [2.05, 4.69) is 39.0 Å². The topological polar surface area (TPSA) is 35.5 Å². The van der Waals surface area contributed by atoms with E-state index in [1.165, 1.54) is 6.42 Å². The molecule has 1 aromatic heterocycles. The second-order valence-electron chi connectivity index (χ2n) is 6.89. The van der Waals surface area contributed by atoms with Crippen LogP contribution in [-0.2, 0) is 0 Å². The molecule has 0 spiro atoms. The third-order valence-corrected chi connectivity index (χ3v) is 5.38. The maximum Gasteiger partial charge on any atom is 0.151 e. The molecule has 3 rings (SSSR count). The molecule has 0 amide bonds. The first-order valence-electron chi connectivity index (χ1n) is 8.94. The molecule has 5 nitrogen and oxygen atoms in total. The van der Waals surface area contributed by atoms with Crippen molar-refractivity contribution in [1.29, 1.82) is 0 Å². The summed E-state index contributed by atoms with van der Waals surface area (Å²) in [5.41, 5.74) is 1.72. The van der Waals surface area contributed by atoms with Gasteiger partial charge in [-0.2, -0.15) is 0 Å². The summed E-state index contributed by atoms with van der Waals surface area (Å²) in [6.45, 7) is 6.43. The van der Waals surface area contributed by atoms with Gasteiger partial charge in [-0.05, 0) is 57.9 Å². The van der Waals surface area contributed by atoms with Gasteiger partial charge in [-0.1, -0.05) is 29.3 Å². The fraction of sp³-hybridized carbons (Fsp3) is 0.474.